The predicted molar refractivity (Wildman–Crippen MR) is 73.3 cm³/mol. The maximum Gasteiger partial charge on any atom is 0.167 e. The number of hydrogen-bond donors (Lipinski definition) is 2. The van der Waals surface area contributed by atoms with Crippen LogP contribution in [0.15, 0.2) is 18.5 Å². The second kappa shape index (κ2) is 5.20. The van der Waals surface area contributed by atoms with Gasteiger partial charge in [-0.2, -0.15) is 0 Å². The molecule has 0 aliphatic heterocycles. The first-order chi connectivity index (χ1) is 9.69. The van der Waals surface area contributed by atoms with Gasteiger partial charge >= 0.3 is 0 Å². The monoisotopic (exact) mass is 277 g/mol. The molecule has 5 nitrogen and oxygen atoms in total. The van der Waals surface area contributed by atoms with Gasteiger partial charge in [0.25, 0.3) is 0 Å². The molecule has 1 heterocycles. The van der Waals surface area contributed by atoms with Crippen LogP contribution in [0.2, 0.25) is 0 Å². The second-order valence-corrected chi connectivity index (χ2v) is 4.98. The molecule has 0 radical (unpaired) electrons. The maximum absolute atomic E-state index is 13.7. The van der Waals surface area contributed by atoms with Crippen LogP contribution in [0.1, 0.15) is 19.3 Å². The Kier molecular flexibility index (Phi) is 3.40. The molecule has 2 unspecified atom stereocenters. The highest BCUT2D eigenvalue weighted by Gasteiger charge is 2.26. The van der Waals surface area contributed by atoms with Gasteiger partial charge < -0.3 is 15.2 Å². The standard InChI is InChI=1S/C14H16FN3O2/c1-20-13-5-8-11(6-9(13)15)16-7-17-14(8)18-10-3-2-4-12(10)19/h5-7,10,12,19H,2-4H2,1H3,(H,16,17,18). The zero-order chi connectivity index (χ0) is 14.1. The third kappa shape index (κ3) is 2.27. The first kappa shape index (κ1) is 13.1. The summed E-state index contributed by atoms with van der Waals surface area (Å²) < 4.78 is 18.7. The third-order valence-corrected chi connectivity index (χ3v) is 3.71. The maximum atomic E-state index is 13.7. The molecule has 1 aromatic heterocycles. The number of fused-ring (bicyclic) bond motifs is 1. The zero-order valence-electron chi connectivity index (χ0n) is 11.1. The SMILES string of the molecule is COc1cc2c(NC3CCCC3O)ncnc2cc1F. The molecule has 0 amide bonds. The van der Waals surface area contributed by atoms with Gasteiger partial charge in [-0.25, -0.2) is 14.4 Å². The molecule has 1 saturated carbocycles. The van der Waals surface area contributed by atoms with E-state index in [0.717, 1.165) is 19.3 Å². The van der Waals surface area contributed by atoms with Crippen molar-refractivity contribution in [1.29, 1.82) is 0 Å². The van der Waals surface area contributed by atoms with Gasteiger partial charge in [0.1, 0.15) is 12.1 Å². The molecule has 3 rings (SSSR count). The van der Waals surface area contributed by atoms with Crippen molar-refractivity contribution in [2.75, 3.05) is 12.4 Å². The smallest absolute Gasteiger partial charge is 0.167 e. The summed E-state index contributed by atoms with van der Waals surface area (Å²) >= 11 is 0. The van der Waals surface area contributed by atoms with Crippen LogP contribution in [-0.2, 0) is 0 Å². The van der Waals surface area contributed by atoms with Crippen LogP contribution in [0.25, 0.3) is 10.9 Å². The van der Waals surface area contributed by atoms with Gasteiger partial charge in [-0.3, -0.25) is 0 Å². The summed E-state index contributed by atoms with van der Waals surface area (Å²) in [6, 6.07) is 2.88. The van der Waals surface area contributed by atoms with Gasteiger partial charge in [-0.1, -0.05) is 0 Å². The fraction of sp³-hybridized carbons (Fsp3) is 0.429. The molecular weight excluding hydrogens is 261 g/mol. The topological polar surface area (TPSA) is 67.3 Å². The Labute approximate surface area is 115 Å². The highest BCUT2D eigenvalue weighted by Crippen LogP contribution is 2.29. The number of hydrogen-bond acceptors (Lipinski definition) is 5. The quantitative estimate of drug-likeness (QED) is 0.899. The fourth-order valence-corrected chi connectivity index (χ4v) is 2.61. The number of aliphatic hydroxyl groups is 1. The van der Waals surface area contributed by atoms with Gasteiger partial charge in [0.15, 0.2) is 11.6 Å². The lowest BCUT2D eigenvalue weighted by molar-refractivity contribution is 0.171. The third-order valence-electron chi connectivity index (χ3n) is 3.71. The zero-order valence-corrected chi connectivity index (χ0v) is 11.1. The first-order valence-corrected chi connectivity index (χ1v) is 6.62. The molecule has 20 heavy (non-hydrogen) atoms. The number of nitrogens with one attached hydrogen (secondary N) is 1. The second-order valence-electron chi connectivity index (χ2n) is 4.98. The largest absolute Gasteiger partial charge is 0.494 e. The molecular formula is C14H16FN3O2. The summed E-state index contributed by atoms with van der Waals surface area (Å²) in [5.74, 6) is 0.298. The van der Waals surface area contributed by atoms with Gasteiger partial charge in [-0.15, -0.1) is 0 Å². The number of aromatic nitrogens is 2. The molecule has 1 fully saturated rings. The molecule has 2 N–H and O–H groups in total. The number of rotatable bonds is 3. The van der Waals surface area contributed by atoms with E-state index < -0.39 is 5.82 Å². The van der Waals surface area contributed by atoms with Gasteiger partial charge in [0.2, 0.25) is 0 Å². The summed E-state index contributed by atoms with van der Waals surface area (Å²) in [6.45, 7) is 0. The molecule has 1 aliphatic carbocycles. The number of halogens is 1. The van der Waals surface area contributed by atoms with Crippen LogP contribution in [0.3, 0.4) is 0 Å². The molecule has 2 atom stereocenters. The van der Waals surface area contributed by atoms with Crippen LogP contribution >= 0.6 is 0 Å². The molecule has 0 bridgehead atoms. The van der Waals surface area contributed by atoms with Crippen molar-refractivity contribution < 1.29 is 14.2 Å². The Bertz CT molecular complexity index is 635. The van der Waals surface area contributed by atoms with Crippen molar-refractivity contribution in [1.82, 2.24) is 9.97 Å². The highest BCUT2D eigenvalue weighted by molar-refractivity contribution is 5.90. The molecule has 1 aliphatic rings. The van der Waals surface area contributed by atoms with Crippen molar-refractivity contribution in [2.24, 2.45) is 0 Å². The first-order valence-electron chi connectivity index (χ1n) is 6.62. The van der Waals surface area contributed by atoms with Crippen molar-refractivity contribution >= 4 is 16.7 Å². The number of anilines is 1. The molecule has 6 heteroatoms. The Hall–Kier alpha value is -1.95. The summed E-state index contributed by atoms with van der Waals surface area (Å²) in [7, 11) is 1.42. The van der Waals surface area contributed by atoms with Gasteiger partial charge in [0, 0.05) is 11.5 Å². The van der Waals surface area contributed by atoms with Crippen molar-refractivity contribution in [3.8, 4) is 5.75 Å². The molecule has 106 valence electrons. The van der Waals surface area contributed by atoms with Crippen molar-refractivity contribution in [3.63, 3.8) is 0 Å². The minimum atomic E-state index is -0.453. The molecule has 0 spiro atoms. The lowest BCUT2D eigenvalue weighted by Gasteiger charge is -2.18. The van der Waals surface area contributed by atoms with Crippen LogP contribution < -0.4 is 10.1 Å². The lowest BCUT2D eigenvalue weighted by atomic mass is 10.1. The average Bonchev–Trinajstić information content (AvgIpc) is 2.84. The predicted octanol–water partition coefficient (Wildman–Crippen LogP) is 2.10. The van der Waals surface area contributed by atoms with E-state index in [2.05, 4.69) is 15.3 Å². The van der Waals surface area contributed by atoms with E-state index in [-0.39, 0.29) is 17.9 Å². The molecule has 0 saturated heterocycles. The normalized spacial score (nSPS) is 22.1. The lowest BCUT2D eigenvalue weighted by Crippen LogP contribution is -2.28. The van der Waals surface area contributed by atoms with Crippen LogP contribution in [0.5, 0.6) is 5.75 Å². The highest BCUT2D eigenvalue weighted by atomic mass is 19.1. The van der Waals surface area contributed by atoms with Crippen LogP contribution in [-0.4, -0.2) is 34.3 Å². The summed E-state index contributed by atoms with van der Waals surface area (Å²) in [4.78, 5) is 8.26. The summed E-state index contributed by atoms with van der Waals surface area (Å²) in [5, 5.41) is 13.8. The van der Waals surface area contributed by atoms with Crippen molar-refractivity contribution in [2.45, 2.75) is 31.4 Å². The fourth-order valence-electron chi connectivity index (χ4n) is 2.61. The minimum absolute atomic E-state index is 0.0239. The van der Waals surface area contributed by atoms with Crippen molar-refractivity contribution in [3.05, 3.63) is 24.3 Å². The Morgan fingerprint density at radius 3 is 2.90 bits per heavy atom. The number of aliphatic hydroxyl groups excluding tert-OH is 1. The number of ether oxygens (including phenoxy) is 1. The Balaban J connectivity index is 2.01. The number of methoxy groups -OCH3 is 1. The van der Waals surface area contributed by atoms with Gasteiger partial charge in [-0.05, 0) is 25.3 Å². The summed E-state index contributed by atoms with van der Waals surface area (Å²) in [6.07, 6.45) is 3.68. The average molecular weight is 277 g/mol. The van der Waals surface area contributed by atoms with E-state index in [1.165, 1.54) is 19.5 Å². The van der Waals surface area contributed by atoms with E-state index >= 15 is 0 Å². The number of nitrogens with zero attached hydrogens (tertiary/aromatic N) is 2. The summed E-state index contributed by atoms with van der Waals surface area (Å²) in [5.41, 5.74) is 0.508. The molecule has 2 aromatic rings. The van der Waals surface area contributed by atoms with E-state index in [1.807, 2.05) is 0 Å². The Morgan fingerprint density at radius 2 is 2.20 bits per heavy atom. The molecule has 1 aromatic carbocycles. The number of benzene rings is 1. The van der Waals surface area contributed by atoms with Crippen LogP contribution in [0, 0.1) is 5.82 Å². The van der Waals surface area contributed by atoms with Gasteiger partial charge in [0.05, 0.1) is 24.8 Å². The van der Waals surface area contributed by atoms with E-state index in [4.69, 9.17) is 4.74 Å². The van der Waals surface area contributed by atoms with Crippen LogP contribution in [0.4, 0.5) is 10.2 Å². The van der Waals surface area contributed by atoms with E-state index in [0.29, 0.717) is 16.7 Å². The van der Waals surface area contributed by atoms with E-state index in [1.54, 1.807) is 6.07 Å². The Morgan fingerprint density at radius 1 is 1.35 bits per heavy atom. The van der Waals surface area contributed by atoms with E-state index in [9.17, 15) is 9.50 Å². The minimum Gasteiger partial charge on any atom is -0.494 e.